The van der Waals surface area contributed by atoms with Gasteiger partial charge in [-0.15, -0.1) is 11.8 Å². The minimum Gasteiger partial charge on any atom is -0.497 e. The molecule has 4 heteroatoms. The highest BCUT2D eigenvalue weighted by Crippen LogP contribution is 2.25. The zero-order chi connectivity index (χ0) is 13.7. The van der Waals surface area contributed by atoms with Crippen LogP contribution in [0.3, 0.4) is 0 Å². The van der Waals surface area contributed by atoms with Gasteiger partial charge in [-0.1, -0.05) is 18.2 Å². The Bertz CT molecular complexity index is 581. The molecule has 0 aliphatic heterocycles. The Kier molecular flexibility index (Phi) is 4.47. The maximum absolute atomic E-state index is 10.9. The average Bonchev–Trinajstić information content (AvgIpc) is 2.45. The predicted molar refractivity (Wildman–Crippen MR) is 76.0 cm³/mol. The molecule has 98 valence electrons. The van der Waals surface area contributed by atoms with Crippen LogP contribution in [0.25, 0.3) is 0 Å². The second-order valence-electron chi connectivity index (χ2n) is 3.97. The third kappa shape index (κ3) is 3.76. The van der Waals surface area contributed by atoms with Crippen molar-refractivity contribution < 1.29 is 14.6 Å². The topological polar surface area (TPSA) is 46.5 Å². The molecular formula is C15H14O3S. The summed E-state index contributed by atoms with van der Waals surface area (Å²) in [4.78, 5) is 11.8. The molecule has 0 saturated heterocycles. The quantitative estimate of drug-likeness (QED) is 0.845. The SMILES string of the molecule is COc1cccc(CSc2cccc(C(=O)O)c2)c1. The van der Waals surface area contributed by atoms with Crippen molar-refractivity contribution in [2.45, 2.75) is 10.6 Å². The van der Waals surface area contributed by atoms with E-state index in [1.165, 1.54) is 0 Å². The van der Waals surface area contributed by atoms with Gasteiger partial charge in [0.25, 0.3) is 0 Å². The van der Waals surface area contributed by atoms with Crippen LogP contribution >= 0.6 is 11.8 Å². The first-order valence-corrected chi connectivity index (χ1v) is 6.76. The van der Waals surface area contributed by atoms with Crippen LogP contribution < -0.4 is 4.74 Å². The molecule has 2 rings (SSSR count). The van der Waals surface area contributed by atoms with Crippen molar-refractivity contribution in [1.82, 2.24) is 0 Å². The summed E-state index contributed by atoms with van der Waals surface area (Å²) in [6.45, 7) is 0. The maximum atomic E-state index is 10.9. The number of ether oxygens (including phenoxy) is 1. The first-order valence-electron chi connectivity index (χ1n) is 5.78. The smallest absolute Gasteiger partial charge is 0.335 e. The Morgan fingerprint density at radius 1 is 1.21 bits per heavy atom. The van der Waals surface area contributed by atoms with Crippen molar-refractivity contribution >= 4 is 17.7 Å². The molecular weight excluding hydrogens is 260 g/mol. The molecule has 1 N–H and O–H groups in total. The number of thioether (sulfide) groups is 1. The second-order valence-corrected chi connectivity index (χ2v) is 5.02. The summed E-state index contributed by atoms with van der Waals surface area (Å²) < 4.78 is 5.17. The monoisotopic (exact) mass is 274 g/mol. The first kappa shape index (κ1) is 13.5. The van der Waals surface area contributed by atoms with E-state index in [0.29, 0.717) is 5.56 Å². The molecule has 0 amide bonds. The van der Waals surface area contributed by atoms with Crippen molar-refractivity contribution in [3.63, 3.8) is 0 Å². The Morgan fingerprint density at radius 3 is 2.74 bits per heavy atom. The average molecular weight is 274 g/mol. The number of carboxylic acids is 1. The van der Waals surface area contributed by atoms with Crippen LogP contribution in [0.4, 0.5) is 0 Å². The van der Waals surface area contributed by atoms with Gasteiger partial charge in [-0.25, -0.2) is 4.79 Å². The van der Waals surface area contributed by atoms with Crippen molar-refractivity contribution in [2.24, 2.45) is 0 Å². The molecule has 19 heavy (non-hydrogen) atoms. The van der Waals surface area contributed by atoms with Gasteiger partial charge in [0.05, 0.1) is 12.7 Å². The minimum atomic E-state index is -0.899. The lowest BCUT2D eigenvalue weighted by atomic mass is 10.2. The normalized spacial score (nSPS) is 10.2. The van der Waals surface area contributed by atoms with E-state index >= 15 is 0 Å². The summed E-state index contributed by atoms with van der Waals surface area (Å²) in [6, 6.07) is 14.8. The zero-order valence-electron chi connectivity index (χ0n) is 10.5. The van der Waals surface area contributed by atoms with E-state index in [-0.39, 0.29) is 0 Å². The Hall–Kier alpha value is -1.94. The van der Waals surface area contributed by atoms with Crippen LogP contribution in [-0.4, -0.2) is 18.2 Å². The number of hydrogen-bond acceptors (Lipinski definition) is 3. The van der Waals surface area contributed by atoms with Gasteiger partial charge in [-0.3, -0.25) is 0 Å². The summed E-state index contributed by atoms with van der Waals surface area (Å²) in [5, 5.41) is 8.94. The molecule has 0 bridgehead atoms. The van der Waals surface area contributed by atoms with Gasteiger partial charge in [0.2, 0.25) is 0 Å². The highest BCUT2D eigenvalue weighted by Gasteiger charge is 2.04. The second kappa shape index (κ2) is 6.29. The highest BCUT2D eigenvalue weighted by atomic mass is 32.2. The van der Waals surface area contributed by atoms with E-state index in [2.05, 4.69) is 0 Å². The van der Waals surface area contributed by atoms with Gasteiger partial charge in [0, 0.05) is 10.6 Å². The molecule has 2 aromatic rings. The summed E-state index contributed by atoms with van der Waals surface area (Å²) in [7, 11) is 1.64. The molecule has 0 aliphatic carbocycles. The van der Waals surface area contributed by atoms with Gasteiger partial charge in [-0.05, 0) is 35.9 Å². The largest absolute Gasteiger partial charge is 0.497 e. The Morgan fingerprint density at radius 2 is 2.00 bits per heavy atom. The number of carboxylic acid groups (broad SMARTS) is 1. The van der Waals surface area contributed by atoms with Gasteiger partial charge in [-0.2, -0.15) is 0 Å². The fourth-order valence-corrected chi connectivity index (χ4v) is 2.55. The molecule has 2 aromatic carbocycles. The molecule has 0 spiro atoms. The molecule has 0 aliphatic rings. The third-order valence-electron chi connectivity index (χ3n) is 2.62. The van der Waals surface area contributed by atoms with Crippen LogP contribution in [0.1, 0.15) is 15.9 Å². The van der Waals surface area contributed by atoms with Gasteiger partial charge < -0.3 is 9.84 Å². The standard InChI is InChI=1S/C15H14O3S/c1-18-13-6-2-4-11(8-13)10-19-14-7-3-5-12(9-14)15(16)17/h2-9H,10H2,1H3,(H,16,17). The lowest BCUT2D eigenvalue weighted by Gasteiger charge is -2.05. The molecule has 0 unspecified atom stereocenters. The molecule has 0 atom stereocenters. The molecule has 0 aromatic heterocycles. The molecule has 3 nitrogen and oxygen atoms in total. The summed E-state index contributed by atoms with van der Waals surface area (Å²) >= 11 is 1.61. The number of benzene rings is 2. The zero-order valence-corrected chi connectivity index (χ0v) is 11.3. The van der Waals surface area contributed by atoms with E-state index in [1.54, 1.807) is 37.1 Å². The molecule has 0 fully saturated rings. The number of rotatable bonds is 5. The Balaban J connectivity index is 2.05. The van der Waals surface area contributed by atoms with Crippen LogP contribution in [0.5, 0.6) is 5.75 Å². The molecule has 0 saturated carbocycles. The lowest BCUT2D eigenvalue weighted by Crippen LogP contribution is -1.95. The number of hydrogen-bond donors (Lipinski definition) is 1. The number of aromatic carboxylic acids is 1. The molecule has 0 heterocycles. The number of carbonyl (C=O) groups is 1. The van der Waals surface area contributed by atoms with Gasteiger partial charge in [0.1, 0.15) is 5.75 Å². The summed E-state index contributed by atoms with van der Waals surface area (Å²) in [6.07, 6.45) is 0. The maximum Gasteiger partial charge on any atom is 0.335 e. The van der Waals surface area contributed by atoms with E-state index in [0.717, 1.165) is 22.0 Å². The van der Waals surface area contributed by atoms with E-state index < -0.39 is 5.97 Å². The lowest BCUT2D eigenvalue weighted by molar-refractivity contribution is 0.0696. The van der Waals surface area contributed by atoms with Crippen LogP contribution in [0, 0.1) is 0 Å². The van der Waals surface area contributed by atoms with Crippen LogP contribution in [-0.2, 0) is 5.75 Å². The number of methoxy groups -OCH3 is 1. The Labute approximate surface area is 116 Å². The summed E-state index contributed by atoms with van der Waals surface area (Å²) in [5.41, 5.74) is 1.46. The van der Waals surface area contributed by atoms with Gasteiger partial charge >= 0.3 is 5.97 Å². The summed E-state index contributed by atoms with van der Waals surface area (Å²) in [5.74, 6) is 0.710. The van der Waals surface area contributed by atoms with Crippen LogP contribution in [0.2, 0.25) is 0 Å². The van der Waals surface area contributed by atoms with Crippen molar-refractivity contribution in [1.29, 1.82) is 0 Å². The van der Waals surface area contributed by atoms with E-state index in [4.69, 9.17) is 9.84 Å². The fourth-order valence-electron chi connectivity index (χ4n) is 1.65. The van der Waals surface area contributed by atoms with Crippen LogP contribution in [0.15, 0.2) is 53.4 Å². The molecule has 0 radical (unpaired) electrons. The first-order chi connectivity index (χ1) is 9.19. The predicted octanol–water partition coefficient (Wildman–Crippen LogP) is 3.69. The minimum absolute atomic E-state index is 0.315. The van der Waals surface area contributed by atoms with Crippen molar-refractivity contribution in [2.75, 3.05) is 7.11 Å². The highest BCUT2D eigenvalue weighted by molar-refractivity contribution is 7.98. The fraction of sp³-hybridized carbons (Fsp3) is 0.133. The van der Waals surface area contributed by atoms with E-state index in [1.807, 2.05) is 30.3 Å². The van der Waals surface area contributed by atoms with Crippen molar-refractivity contribution in [3.8, 4) is 5.75 Å². The third-order valence-corrected chi connectivity index (χ3v) is 3.69. The van der Waals surface area contributed by atoms with Gasteiger partial charge in [0.15, 0.2) is 0 Å². The van der Waals surface area contributed by atoms with Crippen molar-refractivity contribution in [3.05, 3.63) is 59.7 Å². The van der Waals surface area contributed by atoms with E-state index in [9.17, 15) is 4.79 Å².